The zero-order chi connectivity index (χ0) is 24.7. The van der Waals surface area contributed by atoms with Gasteiger partial charge in [-0.3, -0.25) is 14.5 Å². The Morgan fingerprint density at radius 3 is 2.23 bits per heavy atom. The molecule has 35 heavy (non-hydrogen) atoms. The number of ether oxygens (including phenoxy) is 1. The van der Waals surface area contributed by atoms with E-state index in [1.165, 1.54) is 4.90 Å². The van der Waals surface area contributed by atoms with Crippen LogP contribution in [0.1, 0.15) is 61.0 Å². The number of aromatic nitrogens is 2. The van der Waals surface area contributed by atoms with Crippen molar-refractivity contribution in [1.29, 1.82) is 0 Å². The molecule has 2 aromatic carbocycles. The van der Waals surface area contributed by atoms with E-state index >= 15 is 0 Å². The predicted octanol–water partition coefficient (Wildman–Crippen LogP) is 5.08. The van der Waals surface area contributed by atoms with Gasteiger partial charge < -0.3 is 9.84 Å². The summed E-state index contributed by atoms with van der Waals surface area (Å²) in [6.45, 7) is 5.96. The Morgan fingerprint density at radius 1 is 0.971 bits per heavy atom. The Hall–Kier alpha value is -4.00. The molecule has 1 aromatic heterocycles. The summed E-state index contributed by atoms with van der Waals surface area (Å²) in [7, 11) is 0. The van der Waals surface area contributed by atoms with Gasteiger partial charge in [-0.15, -0.1) is 5.10 Å². The first-order valence-corrected chi connectivity index (χ1v) is 11.8. The molecule has 1 saturated carbocycles. The number of amides is 1. The number of rotatable bonds is 6. The Morgan fingerprint density at radius 2 is 1.66 bits per heavy atom. The minimum absolute atomic E-state index is 0.0190. The molecule has 2 heterocycles. The van der Waals surface area contributed by atoms with E-state index in [4.69, 9.17) is 4.74 Å². The van der Waals surface area contributed by atoms with Gasteiger partial charge in [-0.2, -0.15) is 5.10 Å². The number of nitrogens with zero attached hydrogens (tertiary/aromatic N) is 3. The lowest BCUT2D eigenvalue weighted by Gasteiger charge is -2.24. The summed E-state index contributed by atoms with van der Waals surface area (Å²) < 4.78 is 5.85. The van der Waals surface area contributed by atoms with Crippen molar-refractivity contribution >= 4 is 23.3 Å². The highest BCUT2D eigenvalue weighted by atomic mass is 16.5. The van der Waals surface area contributed by atoms with E-state index in [9.17, 15) is 14.7 Å². The number of carbonyl (C=O) groups excluding carboxylic acids is 2. The summed E-state index contributed by atoms with van der Waals surface area (Å²) in [6.07, 6.45) is 2.34. The van der Waals surface area contributed by atoms with Gasteiger partial charge in [0.2, 0.25) is 0 Å². The Bertz CT molecular complexity index is 1290. The predicted molar refractivity (Wildman–Crippen MR) is 132 cm³/mol. The molecular weight excluding hydrogens is 442 g/mol. The maximum Gasteiger partial charge on any atom is 0.301 e. The van der Waals surface area contributed by atoms with E-state index in [0.29, 0.717) is 22.7 Å². The van der Waals surface area contributed by atoms with Gasteiger partial charge in [0, 0.05) is 5.56 Å². The van der Waals surface area contributed by atoms with Crippen molar-refractivity contribution < 1.29 is 19.4 Å². The van der Waals surface area contributed by atoms with Gasteiger partial charge in [-0.25, -0.2) is 0 Å². The molecule has 3 aromatic rings. The highest BCUT2D eigenvalue weighted by Crippen LogP contribution is 2.42. The molecule has 1 saturated heterocycles. The first kappa shape index (κ1) is 22.8. The summed E-state index contributed by atoms with van der Waals surface area (Å²) in [5.74, 6) is -0.437. The largest absolute Gasteiger partial charge is 0.507 e. The second-order valence-electron chi connectivity index (χ2n) is 9.36. The number of hydrogen-bond acceptors (Lipinski definition) is 6. The Balaban J connectivity index is 1.62. The lowest BCUT2D eigenvalue weighted by molar-refractivity contribution is -0.132. The van der Waals surface area contributed by atoms with Crippen molar-refractivity contribution in [3.8, 4) is 5.75 Å². The van der Waals surface area contributed by atoms with Crippen molar-refractivity contribution in [2.45, 2.75) is 51.7 Å². The van der Waals surface area contributed by atoms with Crippen molar-refractivity contribution in [2.24, 2.45) is 0 Å². The number of aliphatic hydroxyl groups excluding tert-OH is 1. The van der Waals surface area contributed by atoms with E-state index in [-0.39, 0.29) is 23.3 Å². The molecule has 178 valence electrons. The van der Waals surface area contributed by atoms with Crippen LogP contribution >= 0.6 is 0 Å². The molecule has 7 nitrogen and oxygen atoms in total. The van der Waals surface area contributed by atoms with Crippen molar-refractivity contribution in [3.05, 3.63) is 88.6 Å². The lowest BCUT2D eigenvalue weighted by Crippen LogP contribution is -2.30. The van der Waals surface area contributed by atoms with Crippen LogP contribution in [0.15, 0.2) is 66.2 Å². The Labute approximate surface area is 204 Å². The summed E-state index contributed by atoms with van der Waals surface area (Å²) in [5, 5.41) is 19.5. The van der Waals surface area contributed by atoms with Gasteiger partial charge in [0.15, 0.2) is 5.82 Å². The molecule has 1 aliphatic heterocycles. The molecule has 1 amide bonds. The summed E-state index contributed by atoms with van der Waals surface area (Å²) >= 11 is 0. The SMILES string of the molecule is Cc1ccc(N2C(=O)C(=O)C(=C(O)c3ccc(C(C)C)cc3)C2c2ccc(OC3CC3)cc2)nn1. The third-order valence-electron chi connectivity index (χ3n) is 6.35. The maximum absolute atomic E-state index is 13.3. The number of aryl methyl sites for hydroxylation is 1. The number of carbonyl (C=O) groups is 2. The van der Waals surface area contributed by atoms with Crippen LogP contribution in [-0.4, -0.2) is 33.1 Å². The topological polar surface area (TPSA) is 92.6 Å². The van der Waals surface area contributed by atoms with Gasteiger partial charge >= 0.3 is 5.91 Å². The second kappa shape index (κ2) is 8.98. The molecular formula is C28H27N3O4. The molecule has 7 heteroatoms. The molecule has 2 aliphatic rings. The van der Waals surface area contributed by atoms with Crippen molar-refractivity contribution in [3.63, 3.8) is 0 Å². The third-order valence-corrected chi connectivity index (χ3v) is 6.35. The number of Topliss-reactive ketones (excluding diaryl/α,β-unsaturated/α-hetero) is 1. The van der Waals surface area contributed by atoms with Crippen LogP contribution in [-0.2, 0) is 9.59 Å². The van der Waals surface area contributed by atoms with E-state index in [1.807, 2.05) is 36.4 Å². The second-order valence-corrected chi connectivity index (χ2v) is 9.36. The van der Waals surface area contributed by atoms with Gasteiger partial charge in [-0.05, 0) is 61.1 Å². The van der Waals surface area contributed by atoms with Crippen LogP contribution in [0.2, 0.25) is 0 Å². The number of anilines is 1. The summed E-state index contributed by atoms with van der Waals surface area (Å²) in [4.78, 5) is 27.8. The average Bonchev–Trinajstić information content (AvgIpc) is 3.64. The fourth-order valence-corrected chi connectivity index (χ4v) is 4.19. The lowest BCUT2D eigenvalue weighted by atomic mass is 9.94. The normalized spacial score (nSPS) is 19.4. The standard InChI is InChI=1S/C28H27N3O4/c1-16(2)18-5-7-20(8-6-18)26(32)24-25(19-9-11-21(12-10-19)35-22-13-14-22)31(28(34)27(24)33)23-15-4-17(3)29-30-23/h4-12,15-16,22,25,32H,13-14H2,1-3H3. The van der Waals surface area contributed by atoms with Crippen LogP contribution in [0.25, 0.3) is 5.76 Å². The van der Waals surface area contributed by atoms with E-state index < -0.39 is 17.7 Å². The highest BCUT2D eigenvalue weighted by Gasteiger charge is 2.47. The molecule has 2 fully saturated rings. The number of hydrogen-bond donors (Lipinski definition) is 1. The molecule has 5 rings (SSSR count). The zero-order valence-corrected chi connectivity index (χ0v) is 19.9. The first-order valence-electron chi connectivity index (χ1n) is 11.8. The minimum Gasteiger partial charge on any atom is -0.507 e. The number of benzene rings is 2. The fraction of sp³-hybridized carbons (Fsp3) is 0.286. The highest BCUT2D eigenvalue weighted by molar-refractivity contribution is 6.51. The van der Waals surface area contributed by atoms with Crippen LogP contribution in [0.3, 0.4) is 0 Å². The molecule has 0 bridgehead atoms. The summed E-state index contributed by atoms with van der Waals surface area (Å²) in [5.41, 5.74) is 2.95. The van der Waals surface area contributed by atoms with E-state index in [1.54, 1.807) is 31.2 Å². The minimum atomic E-state index is -0.855. The van der Waals surface area contributed by atoms with Crippen LogP contribution in [0, 0.1) is 6.92 Å². The molecule has 0 radical (unpaired) electrons. The van der Waals surface area contributed by atoms with Gasteiger partial charge in [0.1, 0.15) is 11.5 Å². The van der Waals surface area contributed by atoms with E-state index in [2.05, 4.69) is 24.0 Å². The van der Waals surface area contributed by atoms with Crippen LogP contribution in [0.5, 0.6) is 5.75 Å². The fourth-order valence-electron chi connectivity index (χ4n) is 4.19. The first-order chi connectivity index (χ1) is 16.8. The van der Waals surface area contributed by atoms with Gasteiger partial charge in [0.25, 0.3) is 5.78 Å². The summed E-state index contributed by atoms with van der Waals surface area (Å²) in [6, 6.07) is 17.2. The van der Waals surface area contributed by atoms with E-state index in [0.717, 1.165) is 24.2 Å². The smallest absolute Gasteiger partial charge is 0.301 e. The van der Waals surface area contributed by atoms with Gasteiger partial charge in [0.05, 0.1) is 23.4 Å². The van der Waals surface area contributed by atoms with Crippen molar-refractivity contribution in [1.82, 2.24) is 10.2 Å². The Kier molecular flexibility index (Phi) is 5.84. The molecule has 1 unspecified atom stereocenters. The average molecular weight is 470 g/mol. The number of ketones is 1. The zero-order valence-electron chi connectivity index (χ0n) is 19.9. The molecule has 1 aliphatic carbocycles. The maximum atomic E-state index is 13.3. The van der Waals surface area contributed by atoms with Gasteiger partial charge in [-0.1, -0.05) is 50.2 Å². The quantitative estimate of drug-likeness (QED) is 0.308. The van der Waals surface area contributed by atoms with Crippen LogP contribution in [0.4, 0.5) is 5.82 Å². The third kappa shape index (κ3) is 4.41. The van der Waals surface area contributed by atoms with Crippen LogP contribution < -0.4 is 9.64 Å². The van der Waals surface area contributed by atoms with Crippen molar-refractivity contribution in [2.75, 3.05) is 4.90 Å². The molecule has 1 N–H and O–H groups in total. The number of aliphatic hydroxyl groups is 1. The monoisotopic (exact) mass is 469 g/mol. The molecule has 0 spiro atoms. The molecule has 1 atom stereocenters.